The molecule has 0 atom stereocenters. The van der Waals surface area contributed by atoms with Crippen LogP contribution in [0, 0.1) is 12.3 Å². The van der Waals surface area contributed by atoms with Gasteiger partial charge in [-0.25, -0.2) is 0 Å². The molecule has 1 aromatic rings. The Labute approximate surface area is 94.8 Å². The van der Waals surface area contributed by atoms with Gasteiger partial charge in [0.1, 0.15) is 5.75 Å². The van der Waals surface area contributed by atoms with Crippen molar-refractivity contribution in [3.63, 3.8) is 0 Å². The topological polar surface area (TPSA) is 64.3 Å². The second-order valence-electron chi connectivity index (χ2n) is 3.08. The molecule has 0 spiro atoms. The van der Waals surface area contributed by atoms with Crippen LogP contribution in [-0.4, -0.2) is 19.1 Å². The third kappa shape index (κ3) is 3.64. The quantitative estimate of drug-likeness (QED) is 0.697. The number of nitrogens with two attached hydrogens (primary N) is 1. The average Bonchev–Trinajstić information content (AvgIpc) is 2.34. The fourth-order valence-corrected chi connectivity index (χ4v) is 1.16. The third-order valence-electron chi connectivity index (χ3n) is 1.94. The number of ether oxygens (including phenoxy) is 1. The maximum atomic E-state index is 11.2. The Morgan fingerprint density at radius 2 is 2.25 bits per heavy atom. The fourth-order valence-electron chi connectivity index (χ4n) is 1.16. The molecule has 1 aromatic carbocycles. The normalized spacial score (nSPS) is 9.25. The van der Waals surface area contributed by atoms with Gasteiger partial charge in [0.05, 0.1) is 6.54 Å². The van der Waals surface area contributed by atoms with Crippen molar-refractivity contribution in [1.29, 1.82) is 0 Å². The van der Waals surface area contributed by atoms with E-state index < -0.39 is 0 Å². The SMILES string of the molecule is C#CCNC(=O)COc1ccccc1CN. The second kappa shape index (κ2) is 6.49. The van der Waals surface area contributed by atoms with Crippen molar-refractivity contribution in [2.45, 2.75) is 6.54 Å². The zero-order valence-electron chi connectivity index (χ0n) is 8.90. The van der Waals surface area contributed by atoms with Gasteiger partial charge in [-0.15, -0.1) is 6.42 Å². The van der Waals surface area contributed by atoms with E-state index in [1.807, 2.05) is 18.2 Å². The molecule has 0 fully saturated rings. The zero-order valence-corrected chi connectivity index (χ0v) is 8.90. The summed E-state index contributed by atoms with van der Waals surface area (Å²) in [5.41, 5.74) is 6.40. The van der Waals surface area contributed by atoms with E-state index in [1.54, 1.807) is 6.07 Å². The molecular formula is C12H14N2O2. The van der Waals surface area contributed by atoms with Crippen molar-refractivity contribution in [2.75, 3.05) is 13.2 Å². The molecule has 16 heavy (non-hydrogen) atoms. The molecule has 3 N–H and O–H groups in total. The highest BCUT2D eigenvalue weighted by Crippen LogP contribution is 2.16. The average molecular weight is 218 g/mol. The Kier molecular flexibility index (Phi) is 4.90. The molecule has 84 valence electrons. The Balaban J connectivity index is 2.48. The van der Waals surface area contributed by atoms with Gasteiger partial charge in [-0.05, 0) is 6.07 Å². The number of rotatable bonds is 5. The number of carbonyl (C=O) groups is 1. The van der Waals surface area contributed by atoms with Crippen molar-refractivity contribution in [3.05, 3.63) is 29.8 Å². The van der Waals surface area contributed by atoms with Crippen molar-refractivity contribution < 1.29 is 9.53 Å². The number of terminal acetylenes is 1. The number of nitrogens with one attached hydrogen (secondary N) is 1. The van der Waals surface area contributed by atoms with E-state index in [1.165, 1.54) is 0 Å². The first kappa shape index (κ1) is 12.1. The highest BCUT2D eigenvalue weighted by molar-refractivity contribution is 5.77. The van der Waals surface area contributed by atoms with E-state index >= 15 is 0 Å². The van der Waals surface area contributed by atoms with Gasteiger partial charge in [0.25, 0.3) is 5.91 Å². The van der Waals surface area contributed by atoms with Crippen molar-refractivity contribution >= 4 is 5.91 Å². The molecule has 1 rings (SSSR count). The number of benzene rings is 1. The third-order valence-corrected chi connectivity index (χ3v) is 1.94. The summed E-state index contributed by atoms with van der Waals surface area (Å²) in [4.78, 5) is 11.2. The van der Waals surface area contributed by atoms with Crippen LogP contribution in [0.15, 0.2) is 24.3 Å². The number of para-hydroxylation sites is 1. The molecule has 0 bridgehead atoms. The number of carbonyl (C=O) groups excluding carboxylic acids is 1. The van der Waals surface area contributed by atoms with Gasteiger partial charge in [0.15, 0.2) is 6.61 Å². The minimum Gasteiger partial charge on any atom is -0.483 e. The van der Waals surface area contributed by atoms with Gasteiger partial charge in [0.2, 0.25) is 0 Å². The fraction of sp³-hybridized carbons (Fsp3) is 0.250. The first-order valence-corrected chi connectivity index (χ1v) is 4.89. The molecule has 4 nitrogen and oxygen atoms in total. The van der Waals surface area contributed by atoms with Crippen LogP contribution in [0.1, 0.15) is 5.56 Å². The molecule has 0 radical (unpaired) electrons. The van der Waals surface area contributed by atoms with Crippen LogP contribution >= 0.6 is 0 Å². The maximum absolute atomic E-state index is 11.2. The number of amides is 1. The molecule has 0 aromatic heterocycles. The van der Waals surface area contributed by atoms with E-state index in [9.17, 15) is 4.79 Å². The van der Waals surface area contributed by atoms with Crippen LogP contribution < -0.4 is 15.8 Å². The summed E-state index contributed by atoms with van der Waals surface area (Å²) in [6.45, 7) is 0.529. The lowest BCUT2D eigenvalue weighted by Gasteiger charge is -2.09. The molecule has 0 aliphatic heterocycles. The van der Waals surface area contributed by atoms with Crippen LogP contribution in [0.5, 0.6) is 5.75 Å². The van der Waals surface area contributed by atoms with Gasteiger partial charge in [-0.2, -0.15) is 0 Å². The van der Waals surface area contributed by atoms with Gasteiger partial charge >= 0.3 is 0 Å². The Bertz CT molecular complexity index is 396. The summed E-state index contributed by atoms with van der Waals surface area (Å²) in [5.74, 6) is 2.69. The smallest absolute Gasteiger partial charge is 0.258 e. The van der Waals surface area contributed by atoms with Crippen molar-refractivity contribution in [1.82, 2.24) is 5.32 Å². The highest BCUT2D eigenvalue weighted by Gasteiger charge is 2.04. The van der Waals surface area contributed by atoms with Crippen LogP contribution in [0.2, 0.25) is 0 Å². The molecule has 0 saturated heterocycles. The Morgan fingerprint density at radius 1 is 1.50 bits per heavy atom. The lowest BCUT2D eigenvalue weighted by Crippen LogP contribution is -2.29. The van der Waals surface area contributed by atoms with E-state index in [2.05, 4.69) is 11.2 Å². The van der Waals surface area contributed by atoms with Gasteiger partial charge < -0.3 is 15.8 Å². The minimum atomic E-state index is -0.246. The molecule has 0 unspecified atom stereocenters. The van der Waals surface area contributed by atoms with Gasteiger partial charge in [-0.1, -0.05) is 24.1 Å². The molecule has 0 heterocycles. The van der Waals surface area contributed by atoms with Crippen molar-refractivity contribution in [3.8, 4) is 18.1 Å². The summed E-state index contributed by atoms with van der Waals surface area (Å²) in [7, 11) is 0. The summed E-state index contributed by atoms with van der Waals surface area (Å²) in [6, 6.07) is 7.33. The van der Waals surface area contributed by atoms with Crippen molar-refractivity contribution in [2.24, 2.45) is 5.73 Å². The predicted octanol–water partition coefficient (Wildman–Crippen LogP) is 0.273. The largest absolute Gasteiger partial charge is 0.483 e. The standard InChI is InChI=1S/C12H14N2O2/c1-2-7-14-12(15)9-16-11-6-4-3-5-10(11)8-13/h1,3-6H,7-9,13H2,(H,14,15). The predicted molar refractivity (Wildman–Crippen MR) is 61.7 cm³/mol. The first-order valence-electron chi connectivity index (χ1n) is 4.89. The lowest BCUT2D eigenvalue weighted by atomic mass is 10.2. The number of hydrogen-bond acceptors (Lipinski definition) is 3. The zero-order chi connectivity index (χ0) is 11.8. The Hall–Kier alpha value is -1.99. The summed E-state index contributed by atoms with van der Waals surface area (Å²) < 4.78 is 5.33. The van der Waals surface area contributed by atoms with Crippen LogP contribution in [0.4, 0.5) is 0 Å². The van der Waals surface area contributed by atoms with Crippen LogP contribution in [-0.2, 0) is 11.3 Å². The van der Waals surface area contributed by atoms with E-state index in [4.69, 9.17) is 16.9 Å². The summed E-state index contributed by atoms with van der Waals surface area (Å²) in [5, 5.41) is 2.51. The molecule has 1 amide bonds. The Morgan fingerprint density at radius 3 is 2.94 bits per heavy atom. The lowest BCUT2D eigenvalue weighted by molar-refractivity contribution is -0.122. The van der Waals surface area contributed by atoms with E-state index in [0.717, 1.165) is 5.56 Å². The van der Waals surface area contributed by atoms with Gasteiger partial charge in [0, 0.05) is 12.1 Å². The van der Waals surface area contributed by atoms with Gasteiger partial charge in [-0.3, -0.25) is 4.79 Å². The second-order valence-corrected chi connectivity index (χ2v) is 3.08. The molecule has 0 aliphatic carbocycles. The maximum Gasteiger partial charge on any atom is 0.258 e. The minimum absolute atomic E-state index is 0.0569. The van der Waals surface area contributed by atoms with Crippen LogP contribution in [0.3, 0.4) is 0 Å². The van der Waals surface area contributed by atoms with Crippen LogP contribution in [0.25, 0.3) is 0 Å². The summed E-state index contributed by atoms with van der Waals surface area (Å²) in [6.07, 6.45) is 5.01. The summed E-state index contributed by atoms with van der Waals surface area (Å²) >= 11 is 0. The number of hydrogen-bond donors (Lipinski definition) is 2. The van der Waals surface area contributed by atoms with E-state index in [0.29, 0.717) is 12.3 Å². The molecule has 4 heteroatoms. The van der Waals surface area contributed by atoms with E-state index in [-0.39, 0.29) is 19.1 Å². The molecule has 0 aliphatic rings. The molecular weight excluding hydrogens is 204 g/mol. The monoisotopic (exact) mass is 218 g/mol. The molecule has 0 saturated carbocycles. The first-order chi connectivity index (χ1) is 7.77. The highest BCUT2D eigenvalue weighted by atomic mass is 16.5.